The van der Waals surface area contributed by atoms with Gasteiger partial charge in [0.2, 0.25) is 12.0 Å². The minimum absolute atomic E-state index is 0.0681. The summed E-state index contributed by atoms with van der Waals surface area (Å²) in [5, 5.41) is 11.8. The quantitative estimate of drug-likeness (QED) is 0.104. The van der Waals surface area contributed by atoms with Gasteiger partial charge in [-0.05, 0) is 90.0 Å². The van der Waals surface area contributed by atoms with Crippen LogP contribution in [0.2, 0.25) is 5.02 Å². The maximum absolute atomic E-state index is 14.3. The largest absolute Gasteiger partial charge is 0.496 e. The lowest BCUT2D eigenvalue weighted by molar-refractivity contribution is -0.145. The molecule has 0 unspecified atom stereocenters. The maximum Gasteiger partial charge on any atom is 0.345 e. The predicted molar refractivity (Wildman–Crippen MR) is 251 cm³/mol. The van der Waals surface area contributed by atoms with E-state index in [1.165, 1.54) is 29.8 Å². The highest BCUT2D eigenvalue weighted by atomic mass is 35.5. The third kappa shape index (κ3) is 10.6. The first-order valence-electron chi connectivity index (χ1n) is 21.4. The van der Waals surface area contributed by atoms with E-state index in [9.17, 15) is 14.3 Å². The van der Waals surface area contributed by atoms with Crippen molar-refractivity contribution >= 4 is 39.1 Å². The summed E-state index contributed by atoms with van der Waals surface area (Å²) in [4.78, 5) is 35.3. The lowest BCUT2D eigenvalue weighted by Crippen LogP contribution is -2.39. The number of hydrogen-bond donors (Lipinski definition) is 1. The molecular weight excluding hydrogens is 885 g/mol. The monoisotopic (exact) mass is 933 g/mol. The van der Waals surface area contributed by atoms with Crippen LogP contribution in [0.1, 0.15) is 28.8 Å². The molecule has 0 amide bonds. The van der Waals surface area contributed by atoms with E-state index in [0.717, 1.165) is 27.1 Å². The normalized spacial score (nSPS) is 15.0. The third-order valence-corrected chi connectivity index (χ3v) is 13.0. The fourth-order valence-corrected chi connectivity index (χ4v) is 9.35. The van der Waals surface area contributed by atoms with E-state index in [0.29, 0.717) is 106 Å². The average Bonchev–Trinajstić information content (AvgIpc) is 3.72. The van der Waals surface area contributed by atoms with Crippen molar-refractivity contribution in [2.24, 2.45) is 0 Å². The van der Waals surface area contributed by atoms with E-state index in [1.54, 1.807) is 45.7 Å². The van der Waals surface area contributed by atoms with Gasteiger partial charge in [0.15, 0.2) is 5.82 Å². The molecule has 0 fully saturated rings. The molecule has 0 spiro atoms. The minimum atomic E-state index is -1.41. The Kier molecular flexibility index (Phi) is 15.0. The molecule has 5 heterocycles. The van der Waals surface area contributed by atoms with Crippen LogP contribution in [-0.2, 0) is 33.7 Å². The Bertz CT molecular complexity index is 2800. The zero-order chi connectivity index (χ0) is 46.2. The van der Waals surface area contributed by atoms with Crippen molar-refractivity contribution in [2.45, 2.75) is 45.0 Å². The van der Waals surface area contributed by atoms with Crippen LogP contribution in [0.25, 0.3) is 43.2 Å². The van der Waals surface area contributed by atoms with Crippen LogP contribution in [0.15, 0.2) is 97.5 Å². The van der Waals surface area contributed by atoms with Gasteiger partial charge in [-0.2, -0.15) is 0 Å². The summed E-state index contributed by atoms with van der Waals surface area (Å²) in [7, 11) is 4.95. The number of carboxylic acids is 1. The molecule has 2 aliphatic heterocycles. The van der Waals surface area contributed by atoms with Crippen molar-refractivity contribution in [1.29, 1.82) is 0 Å². The lowest BCUT2D eigenvalue weighted by atomic mass is 9.96. The first-order valence-corrected chi connectivity index (χ1v) is 22.6. The molecule has 0 saturated carbocycles. The molecule has 66 heavy (non-hydrogen) atoms. The molecule has 2 aliphatic rings. The summed E-state index contributed by atoms with van der Waals surface area (Å²) >= 11 is 8.64. The van der Waals surface area contributed by atoms with Crippen molar-refractivity contribution < 1.29 is 42.7 Å². The number of halogens is 2. The van der Waals surface area contributed by atoms with Gasteiger partial charge in [-0.25, -0.2) is 29.1 Å². The average molecular weight is 934 g/mol. The van der Waals surface area contributed by atoms with Crippen molar-refractivity contribution in [3.63, 3.8) is 0 Å². The molecule has 4 aromatic carbocycles. The smallest absolute Gasteiger partial charge is 0.345 e. The number of carbonyl (C=O) groups is 1. The molecule has 16 heteroatoms. The Balaban J connectivity index is 1.23. The number of thiophene rings is 1. The third-order valence-electron chi connectivity index (χ3n) is 11.4. The SMILES string of the molecule is COCCN(CCOC)C[C@@H]1CCc2ccc(OCc3ccnc(-c4ccccc4OC)n3)c(c2)C[C@H](C(=O)O)Oc2ncnc3sc(-c4ccc(F)cc4)c(c23)-c2ccc(c(Cl)c2C)O1. The summed E-state index contributed by atoms with van der Waals surface area (Å²) < 4.78 is 50.6. The minimum Gasteiger partial charge on any atom is -0.496 e. The van der Waals surface area contributed by atoms with E-state index in [1.807, 2.05) is 61.5 Å². The number of aryl methyl sites for hydroxylation is 1. The second-order valence-electron chi connectivity index (χ2n) is 15.7. The van der Waals surface area contributed by atoms with Gasteiger partial charge in [-0.1, -0.05) is 54.1 Å². The van der Waals surface area contributed by atoms with Crippen molar-refractivity contribution in [3.05, 3.63) is 131 Å². The summed E-state index contributed by atoms with van der Waals surface area (Å²) in [6, 6.07) is 25.0. The Morgan fingerprint density at radius 3 is 2.47 bits per heavy atom. The maximum atomic E-state index is 14.3. The van der Waals surface area contributed by atoms with Crippen LogP contribution in [0.4, 0.5) is 4.39 Å². The van der Waals surface area contributed by atoms with Gasteiger partial charge in [0.1, 0.15) is 46.9 Å². The Morgan fingerprint density at radius 1 is 0.924 bits per heavy atom. The molecule has 9 rings (SSSR count). The molecule has 0 saturated heterocycles. The summed E-state index contributed by atoms with van der Waals surface area (Å²) in [5.41, 5.74) is 5.72. The Labute approximate surface area is 391 Å². The number of aromatic nitrogens is 4. The van der Waals surface area contributed by atoms with Crippen LogP contribution in [0.3, 0.4) is 0 Å². The van der Waals surface area contributed by atoms with Crippen LogP contribution in [-0.4, -0.2) is 102 Å². The van der Waals surface area contributed by atoms with Crippen LogP contribution >= 0.6 is 22.9 Å². The van der Waals surface area contributed by atoms with Gasteiger partial charge in [-0.3, -0.25) is 4.90 Å². The first kappa shape index (κ1) is 46.3. The van der Waals surface area contributed by atoms with Crippen molar-refractivity contribution in [1.82, 2.24) is 24.8 Å². The number of para-hydroxylation sites is 1. The number of hydrogen-bond acceptors (Lipinski definition) is 13. The van der Waals surface area contributed by atoms with Gasteiger partial charge in [0.05, 0.1) is 42.0 Å². The lowest BCUT2D eigenvalue weighted by Gasteiger charge is -2.28. The highest BCUT2D eigenvalue weighted by molar-refractivity contribution is 7.22. The molecule has 7 aromatic rings. The van der Waals surface area contributed by atoms with Crippen LogP contribution < -0.4 is 18.9 Å². The van der Waals surface area contributed by atoms with E-state index in [4.69, 9.17) is 45.0 Å². The molecule has 0 radical (unpaired) electrons. The van der Waals surface area contributed by atoms with Crippen LogP contribution in [0.5, 0.6) is 23.1 Å². The number of methoxy groups -OCH3 is 3. The molecule has 3 aromatic heterocycles. The first-order chi connectivity index (χ1) is 32.1. The fourth-order valence-electron chi connectivity index (χ4n) is 7.99. The summed E-state index contributed by atoms with van der Waals surface area (Å²) in [6.45, 7) is 4.89. The Hall–Kier alpha value is -6.23. The fraction of sp³-hybridized carbons (Fsp3) is 0.300. The van der Waals surface area contributed by atoms with E-state index < -0.39 is 12.1 Å². The number of fused-ring (bicyclic) bond motifs is 7. The zero-order valence-corrected chi connectivity index (χ0v) is 38.5. The van der Waals surface area contributed by atoms with Gasteiger partial charge in [0, 0.05) is 56.9 Å². The number of nitrogens with zero attached hydrogens (tertiary/aromatic N) is 5. The van der Waals surface area contributed by atoms with Crippen LogP contribution in [0, 0.1) is 12.7 Å². The van der Waals surface area contributed by atoms with Crippen molar-refractivity contribution in [3.8, 4) is 56.1 Å². The highest BCUT2D eigenvalue weighted by Crippen LogP contribution is 2.49. The van der Waals surface area contributed by atoms with Gasteiger partial charge in [-0.15, -0.1) is 11.3 Å². The second kappa shape index (κ2) is 21.4. The highest BCUT2D eigenvalue weighted by Gasteiger charge is 2.29. The topological polar surface area (TPSA) is 147 Å². The molecule has 342 valence electrons. The molecular formula is C50H49ClFN5O8S. The Morgan fingerprint density at radius 2 is 1.71 bits per heavy atom. The molecule has 4 bridgehead atoms. The van der Waals surface area contributed by atoms with Crippen molar-refractivity contribution in [2.75, 3.05) is 54.2 Å². The number of carboxylic acid groups (broad SMARTS) is 1. The predicted octanol–water partition coefficient (Wildman–Crippen LogP) is 9.53. The zero-order valence-electron chi connectivity index (χ0n) is 37.0. The molecule has 13 nitrogen and oxygen atoms in total. The van der Waals surface area contributed by atoms with E-state index in [-0.39, 0.29) is 30.8 Å². The van der Waals surface area contributed by atoms with E-state index >= 15 is 0 Å². The summed E-state index contributed by atoms with van der Waals surface area (Å²) in [5.74, 6) is 0.575. The van der Waals surface area contributed by atoms with Gasteiger partial charge >= 0.3 is 5.97 Å². The standard InChI is InChI=1S/C50H49ClFN5O8S/c1-30-37-16-18-41(45(30)51)64-36(27-57(21-23-60-2)22-24-61-3)15-9-31-10-17-39(63-28-35-19-20-53-47(56-35)38-7-5-6-8-40(38)62-4)33(25-31)26-42(50(58)59)65-48-44-43(37)46(66-49(44)55-29-54-48)32-11-13-34(52)14-12-32/h5-8,10-14,16-20,25,29,36,42H,9,15,21-24,26-28H2,1-4H3,(H,58,59)/t36-,42+/m0/s1. The number of aliphatic carboxylic acids is 1. The molecule has 2 atom stereocenters. The molecule has 0 aliphatic carbocycles. The number of ether oxygens (including phenoxy) is 6. The summed E-state index contributed by atoms with van der Waals surface area (Å²) in [6.07, 6.45) is 2.35. The van der Waals surface area contributed by atoms with Gasteiger partial charge in [0.25, 0.3) is 0 Å². The molecule has 1 N–H and O–H groups in total. The second-order valence-corrected chi connectivity index (χ2v) is 17.1. The number of benzene rings is 4. The van der Waals surface area contributed by atoms with Gasteiger partial charge < -0.3 is 33.5 Å². The number of rotatable bonds is 15. The van der Waals surface area contributed by atoms with E-state index in [2.05, 4.69) is 19.9 Å².